The van der Waals surface area contributed by atoms with E-state index in [9.17, 15) is 4.79 Å². The summed E-state index contributed by atoms with van der Waals surface area (Å²) in [5, 5.41) is 2.76. The molecule has 17 heavy (non-hydrogen) atoms. The van der Waals surface area contributed by atoms with Crippen molar-refractivity contribution in [2.45, 2.75) is 26.7 Å². The Hall–Kier alpha value is -1.42. The molecule has 0 aromatic carbocycles. The minimum atomic E-state index is -0.0206. The summed E-state index contributed by atoms with van der Waals surface area (Å²) in [6.07, 6.45) is 6.05. The van der Waals surface area contributed by atoms with Crippen molar-refractivity contribution in [3.63, 3.8) is 0 Å². The van der Waals surface area contributed by atoms with E-state index in [1.807, 2.05) is 19.9 Å². The second kappa shape index (κ2) is 7.01. The van der Waals surface area contributed by atoms with Gasteiger partial charge >= 0.3 is 0 Å². The van der Waals surface area contributed by atoms with Crippen molar-refractivity contribution < 1.29 is 4.79 Å². The van der Waals surface area contributed by atoms with Gasteiger partial charge in [-0.05, 0) is 52.6 Å². The highest BCUT2D eigenvalue weighted by atomic mass is 16.2. The Morgan fingerprint density at radius 1 is 1.35 bits per heavy atom. The molecule has 1 heterocycles. The standard InChI is InChI=1S/C13H21N3O/c1-11(2)6-7-12(14-3)15-13(17)10-16-8-4-5-9-16/h6-7H,3-5,8-10H2,1-2H3,(H,15,17)/b12-7+. The highest BCUT2D eigenvalue weighted by Gasteiger charge is 2.15. The van der Waals surface area contributed by atoms with Crippen molar-refractivity contribution in [2.75, 3.05) is 19.6 Å². The number of likely N-dealkylation sites (tertiary alicyclic amines) is 1. The van der Waals surface area contributed by atoms with E-state index < -0.39 is 0 Å². The van der Waals surface area contributed by atoms with Crippen molar-refractivity contribution in [1.29, 1.82) is 0 Å². The van der Waals surface area contributed by atoms with Crippen LogP contribution in [0.15, 0.2) is 28.5 Å². The number of carbonyl (C=O) groups excluding carboxylic acids is 1. The van der Waals surface area contributed by atoms with Crippen molar-refractivity contribution in [2.24, 2.45) is 4.99 Å². The van der Waals surface area contributed by atoms with Gasteiger partial charge in [-0.1, -0.05) is 11.6 Å². The molecule has 0 radical (unpaired) electrons. The third-order valence-electron chi connectivity index (χ3n) is 2.58. The molecule has 1 aliphatic rings. The van der Waals surface area contributed by atoms with Crippen LogP contribution in [-0.4, -0.2) is 37.2 Å². The molecule has 4 nitrogen and oxygen atoms in total. The number of amides is 1. The molecule has 1 N–H and O–H groups in total. The number of carbonyl (C=O) groups is 1. The Kier molecular flexibility index (Phi) is 5.63. The molecule has 0 saturated carbocycles. The Morgan fingerprint density at radius 2 is 2.00 bits per heavy atom. The molecule has 1 aliphatic heterocycles. The largest absolute Gasteiger partial charge is 0.310 e. The predicted molar refractivity (Wildman–Crippen MR) is 70.9 cm³/mol. The number of allylic oxidation sites excluding steroid dienone is 3. The summed E-state index contributed by atoms with van der Waals surface area (Å²) in [5.41, 5.74) is 1.15. The summed E-state index contributed by atoms with van der Waals surface area (Å²) in [7, 11) is 0. The third kappa shape index (κ3) is 5.45. The van der Waals surface area contributed by atoms with Crippen LogP contribution in [0.5, 0.6) is 0 Å². The molecule has 1 saturated heterocycles. The van der Waals surface area contributed by atoms with Gasteiger partial charge in [-0.3, -0.25) is 9.69 Å². The zero-order valence-electron chi connectivity index (χ0n) is 10.7. The lowest BCUT2D eigenvalue weighted by Crippen LogP contribution is -2.34. The maximum Gasteiger partial charge on any atom is 0.239 e. The van der Waals surface area contributed by atoms with Crippen molar-refractivity contribution in [3.05, 3.63) is 23.5 Å². The normalized spacial score (nSPS) is 16.7. The second-order valence-corrected chi connectivity index (χ2v) is 4.49. The summed E-state index contributed by atoms with van der Waals surface area (Å²) in [6, 6.07) is 0. The minimum Gasteiger partial charge on any atom is -0.310 e. The molecular formula is C13H21N3O. The molecule has 0 aromatic heterocycles. The molecule has 0 spiro atoms. The van der Waals surface area contributed by atoms with E-state index in [0.29, 0.717) is 12.4 Å². The first kappa shape index (κ1) is 13.6. The first-order valence-corrected chi connectivity index (χ1v) is 5.96. The summed E-state index contributed by atoms with van der Waals surface area (Å²) in [4.78, 5) is 17.7. The monoisotopic (exact) mass is 235 g/mol. The molecule has 0 aliphatic carbocycles. The Balaban J connectivity index is 2.44. The van der Waals surface area contributed by atoms with Gasteiger partial charge in [0.15, 0.2) is 0 Å². The molecule has 1 rings (SSSR count). The minimum absolute atomic E-state index is 0.0206. The summed E-state index contributed by atoms with van der Waals surface area (Å²) >= 11 is 0. The van der Waals surface area contributed by atoms with Gasteiger partial charge < -0.3 is 5.32 Å². The van der Waals surface area contributed by atoms with Gasteiger partial charge in [0.1, 0.15) is 5.82 Å². The summed E-state index contributed by atoms with van der Waals surface area (Å²) < 4.78 is 0. The maximum atomic E-state index is 11.7. The van der Waals surface area contributed by atoms with Crippen LogP contribution in [0, 0.1) is 0 Å². The van der Waals surface area contributed by atoms with Crippen molar-refractivity contribution in [1.82, 2.24) is 10.2 Å². The average Bonchev–Trinajstić information content (AvgIpc) is 2.76. The smallest absolute Gasteiger partial charge is 0.239 e. The van der Waals surface area contributed by atoms with Crippen LogP contribution in [0.3, 0.4) is 0 Å². The molecule has 0 bridgehead atoms. The Labute approximate surface area is 103 Å². The van der Waals surface area contributed by atoms with Crippen LogP contribution in [-0.2, 0) is 4.79 Å². The zero-order chi connectivity index (χ0) is 12.7. The molecule has 1 amide bonds. The number of hydrogen-bond donors (Lipinski definition) is 1. The lowest BCUT2D eigenvalue weighted by atomic mass is 10.3. The number of rotatable bonds is 5. The van der Waals surface area contributed by atoms with E-state index >= 15 is 0 Å². The van der Waals surface area contributed by atoms with Gasteiger partial charge in [-0.25, -0.2) is 4.99 Å². The van der Waals surface area contributed by atoms with E-state index in [1.165, 1.54) is 12.8 Å². The van der Waals surface area contributed by atoms with Crippen LogP contribution >= 0.6 is 0 Å². The fourth-order valence-corrected chi connectivity index (χ4v) is 1.71. The molecular weight excluding hydrogens is 214 g/mol. The van der Waals surface area contributed by atoms with E-state index in [-0.39, 0.29) is 5.91 Å². The molecule has 1 fully saturated rings. The Bertz CT molecular complexity index is 335. The van der Waals surface area contributed by atoms with Gasteiger partial charge in [0.05, 0.1) is 6.54 Å². The first-order valence-electron chi connectivity index (χ1n) is 5.96. The van der Waals surface area contributed by atoms with Gasteiger partial charge in [0.2, 0.25) is 5.91 Å². The van der Waals surface area contributed by atoms with E-state index in [4.69, 9.17) is 0 Å². The third-order valence-corrected chi connectivity index (χ3v) is 2.58. The number of hydrogen-bond acceptors (Lipinski definition) is 3. The lowest BCUT2D eigenvalue weighted by Gasteiger charge is -2.13. The van der Waals surface area contributed by atoms with Gasteiger partial charge in [0.25, 0.3) is 0 Å². The van der Waals surface area contributed by atoms with Crippen LogP contribution < -0.4 is 5.32 Å². The topological polar surface area (TPSA) is 44.7 Å². The maximum absolute atomic E-state index is 11.7. The zero-order valence-corrected chi connectivity index (χ0v) is 10.7. The average molecular weight is 235 g/mol. The fourth-order valence-electron chi connectivity index (χ4n) is 1.71. The number of aliphatic imine (C=N–C) groups is 1. The van der Waals surface area contributed by atoms with Crippen molar-refractivity contribution >= 4 is 12.6 Å². The highest BCUT2D eigenvalue weighted by Crippen LogP contribution is 2.06. The Morgan fingerprint density at radius 3 is 2.53 bits per heavy atom. The quantitative estimate of drug-likeness (QED) is 0.582. The number of nitrogens with one attached hydrogen (secondary N) is 1. The first-order chi connectivity index (χ1) is 8.11. The van der Waals surface area contributed by atoms with E-state index in [2.05, 4.69) is 21.9 Å². The van der Waals surface area contributed by atoms with Crippen LogP contribution in [0.4, 0.5) is 0 Å². The summed E-state index contributed by atoms with van der Waals surface area (Å²) in [6.45, 7) is 9.90. The summed E-state index contributed by atoms with van der Waals surface area (Å²) in [5.74, 6) is 0.489. The van der Waals surface area contributed by atoms with E-state index in [0.717, 1.165) is 18.7 Å². The van der Waals surface area contributed by atoms with Crippen LogP contribution in [0.2, 0.25) is 0 Å². The van der Waals surface area contributed by atoms with E-state index in [1.54, 1.807) is 6.08 Å². The predicted octanol–water partition coefficient (Wildman–Crippen LogP) is 1.71. The molecule has 4 heteroatoms. The van der Waals surface area contributed by atoms with Crippen LogP contribution in [0.25, 0.3) is 0 Å². The van der Waals surface area contributed by atoms with Crippen LogP contribution in [0.1, 0.15) is 26.7 Å². The van der Waals surface area contributed by atoms with Crippen molar-refractivity contribution in [3.8, 4) is 0 Å². The molecule has 0 aromatic rings. The SMILES string of the molecule is C=N/C(=C\C=C(C)C)NC(=O)CN1CCCC1. The van der Waals surface area contributed by atoms with Gasteiger partial charge in [0, 0.05) is 0 Å². The van der Waals surface area contributed by atoms with Gasteiger partial charge in [-0.2, -0.15) is 0 Å². The van der Waals surface area contributed by atoms with Gasteiger partial charge in [-0.15, -0.1) is 0 Å². The molecule has 94 valence electrons. The molecule has 0 unspecified atom stereocenters. The lowest BCUT2D eigenvalue weighted by molar-refractivity contribution is -0.121. The highest BCUT2D eigenvalue weighted by molar-refractivity contribution is 5.80. The molecule has 0 atom stereocenters. The number of nitrogens with zero attached hydrogens (tertiary/aromatic N) is 2. The fraction of sp³-hybridized carbons (Fsp3) is 0.538. The second-order valence-electron chi connectivity index (χ2n) is 4.49.